The lowest BCUT2D eigenvalue weighted by molar-refractivity contribution is 0.157. The minimum Gasteiger partial charge on any atom is -0.348 e. The summed E-state index contributed by atoms with van der Waals surface area (Å²) in [6.07, 6.45) is 3.62. The molecule has 4 rings (SSSR count). The fourth-order valence-electron chi connectivity index (χ4n) is 5.22. The number of rotatable bonds is 3. The molecule has 1 fully saturated rings. The maximum absolute atomic E-state index is 5.80. The van der Waals surface area contributed by atoms with Gasteiger partial charge in [-0.3, -0.25) is 5.43 Å². The molecule has 1 aliphatic carbocycles. The number of benzene rings is 1. The highest BCUT2D eigenvalue weighted by Gasteiger charge is 2.38. The van der Waals surface area contributed by atoms with Gasteiger partial charge in [-0.2, -0.15) is 0 Å². The van der Waals surface area contributed by atoms with Crippen LogP contribution in [0.4, 0.5) is 0 Å². The summed E-state index contributed by atoms with van der Waals surface area (Å²) in [5.74, 6) is 4.24. The van der Waals surface area contributed by atoms with E-state index in [1.54, 1.807) is 0 Å². The molecule has 2 heterocycles. The molecule has 31 heavy (non-hydrogen) atoms. The molecule has 2 atom stereocenters. The Morgan fingerprint density at radius 1 is 1.26 bits per heavy atom. The van der Waals surface area contributed by atoms with Crippen LogP contribution in [0.2, 0.25) is 19.6 Å². The molecule has 1 aromatic carbocycles. The van der Waals surface area contributed by atoms with Gasteiger partial charge in [0, 0.05) is 30.4 Å². The Morgan fingerprint density at radius 2 is 2.00 bits per heavy atom. The van der Waals surface area contributed by atoms with E-state index < -0.39 is 8.07 Å². The van der Waals surface area contributed by atoms with Crippen molar-refractivity contribution >= 4 is 36.3 Å². The molecule has 0 radical (unpaired) electrons. The van der Waals surface area contributed by atoms with Crippen LogP contribution >= 0.6 is 12.2 Å². The Bertz CT molecular complexity index is 1050. The molecule has 0 spiro atoms. The average molecular weight is 453 g/mol. The Labute approximate surface area is 194 Å². The maximum Gasteiger partial charge on any atom is 0.188 e. The topological polar surface area (TPSA) is 23.4 Å². The second-order valence-electron chi connectivity index (χ2n) is 9.99. The molecular formula is C25H36N4SSi. The molecule has 0 unspecified atom stereocenters. The number of likely N-dealkylation sites (tertiary alicyclic amines) is 1. The fraction of sp³-hybridized carbons (Fsp3) is 0.560. The molecule has 6 heteroatoms. The SMILES string of the molecule is CCN(CC)C(=S)Nn1c(C#C[Si](C)(C)C)c2c3c(cccc31)[C@H]1CCCN(C)[C@@H]1C2. The highest BCUT2D eigenvalue weighted by atomic mass is 32.1. The first-order valence-corrected chi connectivity index (χ1v) is 15.6. The van der Waals surface area contributed by atoms with Gasteiger partial charge < -0.3 is 9.80 Å². The van der Waals surface area contributed by atoms with E-state index in [2.05, 4.69) is 90.1 Å². The number of hydrogen-bond donors (Lipinski definition) is 1. The van der Waals surface area contributed by atoms with Crippen LogP contribution in [0.1, 0.15) is 49.4 Å². The van der Waals surface area contributed by atoms with Crippen molar-refractivity contribution in [2.45, 2.75) is 64.7 Å². The van der Waals surface area contributed by atoms with Crippen molar-refractivity contribution in [2.24, 2.45) is 0 Å². The predicted octanol–water partition coefficient (Wildman–Crippen LogP) is 4.77. The van der Waals surface area contributed by atoms with E-state index in [0.717, 1.165) is 30.3 Å². The van der Waals surface area contributed by atoms with Crippen molar-refractivity contribution in [3.05, 3.63) is 35.0 Å². The highest BCUT2D eigenvalue weighted by molar-refractivity contribution is 7.80. The minimum absolute atomic E-state index is 0.560. The van der Waals surface area contributed by atoms with E-state index in [9.17, 15) is 0 Å². The van der Waals surface area contributed by atoms with Crippen LogP contribution < -0.4 is 5.43 Å². The lowest BCUT2D eigenvalue weighted by Gasteiger charge is -2.42. The number of nitrogens with one attached hydrogen (secondary N) is 1. The molecule has 1 aliphatic heterocycles. The first kappa shape index (κ1) is 22.4. The van der Waals surface area contributed by atoms with Gasteiger partial charge in [0.1, 0.15) is 13.8 Å². The van der Waals surface area contributed by atoms with E-state index in [-0.39, 0.29) is 0 Å². The van der Waals surface area contributed by atoms with Crippen molar-refractivity contribution in [3.8, 4) is 11.5 Å². The largest absolute Gasteiger partial charge is 0.348 e. The summed E-state index contributed by atoms with van der Waals surface area (Å²) in [6.45, 7) is 14.2. The van der Waals surface area contributed by atoms with Gasteiger partial charge in [0.15, 0.2) is 5.11 Å². The zero-order chi connectivity index (χ0) is 22.3. The molecule has 4 nitrogen and oxygen atoms in total. The lowest BCUT2D eigenvalue weighted by atomic mass is 9.75. The second kappa shape index (κ2) is 8.61. The monoisotopic (exact) mass is 452 g/mol. The minimum atomic E-state index is -1.52. The number of hydrogen-bond acceptors (Lipinski definition) is 2. The lowest BCUT2D eigenvalue weighted by Crippen LogP contribution is -2.44. The zero-order valence-corrected chi connectivity index (χ0v) is 21.7. The molecule has 1 aromatic heterocycles. The van der Waals surface area contributed by atoms with Crippen LogP contribution in [0.5, 0.6) is 0 Å². The highest BCUT2D eigenvalue weighted by Crippen LogP contribution is 2.44. The van der Waals surface area contributed by atoms with Gasteiger partial charge in [0.2, 0.25) is 0 Å². The van der Waals surface area contributed by atoms with Crippen LogP contribution in [0.3, 0.4) is 0 Å². The van der Waals surface area contributed by atoms with E-state index in [4.69, 9.17) is 12.2 Å². The van der Waals surface area contributed by atoms with Gasteiger partial charge in [0.25, 0.3) is 0 Å². The van der Waals surface area contributed by atoms with Gasteiger partial charge in [0.05, 0.1) is 5.52 Å². The Kier molecular flexibility index (Phi) is 6.22. The Hall–Kier alpha value is -1.81. The number of likely N-dealkylation sites (N-methyl/N-ethyl adjacent to an activating group) is 1. The average Bonchev–Trinajstić information content (AvgIpc) is 3.01. The summed E-state index contributed by atoms with van der Waals surface area (Å²) in [6, 6.07) is 7.36. The van der Waals surface area contributed by atoms with Gasteiger partial charge >= 0.3 is 0 Å². The molecule has 1 saturated heterocycles. The van der Waals surface area contributed by atoms with Crippen LogP contribution in [-0.4, -0.2) is 60.4 Å². The van der Waals surface area contributed by atoms with Crippen LogP contribution in [0.25, 0.3) is 10.9 Å². The van der Waals surface area contributed by atoms with E-state index in [1.807, 2.05) is 0 Å². The summed E-state index contributed by atoms with van der Waals surface area (Å²) in [5.41, 5.74) is 12.4. The van der Waals surface area contributed by atoms with Crippen molar-refractivity contribution in [2.75, 3.05) is 32.1 Å². The third kappa shape index (κ3) is 4.16. The summed E-state index contributed by atoms with van der Waals surface area (Å²) >= 11 is 5.80. The molecule has 0 amide bonds. The molecule has 0 bridgehead atoms. The third-order valence-corrected chi connectivity index (χ3v) is 8.03. The van der Waals surface area contributed by atoms with Crippen LogP contribution in [0.15, 0.2) is 18.2 Å². The van der Waals surface area contributed by atoms with Gasteiger partial charge in [-0.15, -0.1) is 5.54 Å². The molecule has 166 valence electrons. The van der Waals surface area contributed by atoms with Crippen molar-refractivity contribution < 1.29 is 0 Å². The fourth-order valence-corrected chi connectivity index (χ4v) is 6.06. The molecule has 1 N–H and O–H groups in total. The second-order valence-corrected chi connectivity index (χ2v) is 15.1. The van der Waals surface area contributed by atoms with Crippen LogP contribution in [0, 0.1) is 11.5 Å². The maximum atomic E-state index is 5.80. The molecule has 2 aromatic rings. The first-order chi connectivity index (χ1) is 14.7. The van der Waals surface area contributed by atoms with Crippen molar-refractivity contribution in [3.63, 3.8) is 0 Å². The number of thiocarbonyl (C=S) groups is 1. The zero-order valence-electron chi connectivity index (χ0n) is 19.9. The predicted molar refractivity (Wildman–Crippen MR) is 139 cm³/mol. The summed E-state index contributed by atoms with van der Waals surface area (Å²) in [7, 11) is 0.769. The number of piperidine rings is 1. The molecular weight excluding hydrogens is 416 g/mol. The Morgan fingerprint density at radius 3 is 2.68 bits per heavy atom. The van der Waals surface area contributed by atoms with Gasteiger partial charge in [-0.25, -0.2) is 4.68 Å². The van der Waals surface area contributed by atoms with E-state index in [1.165, 1.54) is 41.4 Å². The Balaban J connectivity index is 1.92. The van der Waals surface area contributed by atoms with Gasteiger partial charge in [-0.1, -0.05) is 37.7 Å². The number of aromatic nitrogens is 1. The normalized spacial score (nSPS) is 20.7. The molecule has 2 aliphatic rings. The van der Waals surface area contributed by atoms with Gasteiger partial charge in [-0.05, 0) is 76.1 Å². The summed E-state index contributed by atoms with van der Waals surface area (Å²) in [5, 5.41) is 2.18. The smallest absolute Gasteiger partial charge is 0.188 e. The number of fused-ring (bicyclic) bond motifs is 2. The quantitative estimate of drug-likeness (QED) is 0.411. The molecule has 0 saturated carbocycles. The summed E-state index contributed by atoms with van der Waals surface area (Å²) in [4.78, 5) is 4.75. The first-order valence-electron chi connectivity index (χ1n) is 11.7. The van der Waals surface area contributed by atoms with E-state index in [0.29, 0.717) is 12.0 Å². The van der Waals surface area contributed by atoms with Crippen molar-refractivity contribution in [1.29, 1.82) is 0 Å². The standard InChI is InChI=1S/C25H36N4SSi/c1-7-28(8-2)25(30)26-29-21(14-16-31(4,5)6)20-17-23-18(12-10-15-27(23)3)19-11-9-13-22(29)24(19)20/h9,11,13,18,23H,7-8,10,12,15,17H2,1-6H3,(H,26,30)/t18-,23-/m1/s1. The summed E-state index contributed by atoms with van der Waals surface area (Å²) < 4.78 is 2.19. The van der Waals surface area contributed by atoms with Crippen molar-refractivity contribution in [1.82, 2.24) is 14.5 Å². The third-order valence-electron chi connectivity index (χ3n) is 6.81. The number of nitrogens with zero attached hydrogens (tertiary/aromatic N) is 3. The van der Waals surface area contributed by atoms with E-state index >= 15 is 0 Å². The van der Waals surface area contributed by atoms with Crippen LogP contribution in [-0.2, 0) is 6.42 Å².